The van der Waals surface area contributed by atoms with Gasteiger partial charge in [-0.25, -0.2) is 0 Å². The summed E-state index contributed by atoms with van der Waals surface area (Å²) >= 11 is 0. The highest BCUT2D eigenvalue weighted by atomic mass is 127. The average molecular weight is 375 g/mol. The summed E-state index contributed by atoms with van der Waals surface area (Å²) in [6.07, 6.45) is 2.50. The van der Waals surface area contributed by atoms with Crippen LogP contribution in [-0.4, -0.2) is 26.2 Å². The second kappa shape index (κ2) is 7.57. The minimum Gasteiger partial charge on any atom is -0.496 e. The Balaban J connectivity index is 0.00000180. The molecule has 5 heteroatoms. The molecule has 0 spiro atoms. The van der Waals surface area contributed by atoms with E-state index in [2.05, 4.69) is 33.8 Å². The van der Waals surface area contributed by atoms with Gasteiger partial charge in [-0.2, -0.15) is 0 Å². The number of halogens is 1. The number of methoxy groups -OCH3 is 1. The summed E-state index contributed by atoms with van der Waals surface area (Å²) in [7, 11) is 3.50. The van der Waals surface area contributed by atoms with Crippen molar-refractivity contribution >= 4 is 29.9 Å². The molecule has 4 nitrogen and oxygen atoms in total. The van der Waals surface area contributed by atoms with Gasteiger partial charge in [0.1, 0.15) is 5.75 Å². The number of ether oxygens (including phenoxy) is 1. The number of hydrogen-bond acceptors (Lipinski definition) is 2. The Morgan fingerprint density at radius 2 is 2.16 bits per heavy atom. The van der Waals surface area contributed by atoms with Gasteiger partial charge in [-0.3, -0.25) is 4.99 Å². The fourth-order valence-corrected chi connectivity index (χ4v) is 1.78. The van der Waals surface area contributed by atoms with Gasteiger partial charge in [0, 0.05) is 19.6 Å². The van der Waals surface area contributed by atoms with Crippen LogP contribution in [0.4, 0.5) is 0 Å². The summed E-state index contributed by atoms with van der Waals surface area (Å²) < 4.78 is 5.32. The van der Waals surface area contributed by atoms with Crippen LogP contribution in [0.25, 0.3) is 0 Å². The van der Waals surface area contributed by atoms with Gasteiger partial charge >= 0.3 is 0 Å². The topological polar surface area (TPSA) is 45.7 Å². The van der Waals surface area contributed by atoms with E-state index in [9.17, 15) is 0 Å². The van der Waals surface area contributed by atoms with Crippen molar-refractivity contribution in [1.29, 1.82) is 0 Å². The first-order valence-corrected chi connectivity index (χ1v) is 6.33. The quantitative estimate of drug-likeness (QED) is 0.483. The number of rotatable bonds is 4. The summed E-state index contributed by atoms with van der Waals surface area (Å²) in [6, 6.07) is 6.86. The molecule has 0 aromatic heterocycles. The lowest BCUT2D eigenvalue weighted by atomic mass is 10.1. The summed E-state index contributed by atoms with van der Waals surface area (Å²) in [5.41, 5.74) is 2.35. The third-order valence-electron chi connectivity index (χ3n) is 3.07. The molecule has 0 heterocycles. The molecule has 0 saturated heterocycles. The predicted octanol–water partition coefficient (Wildman–Crippen LogP) is 2.45. The molecule has 2 N–H and O–H groups in total. The van der Waals surface area contributed by atoms with E-state index in [0.717, 1.165) is 23.8 Å². The Kier molecular flexibility index (Phi) is 6.41. The maximum Gasteiger partial charge on any atom is 0.191 e. The average Bonchev–Trinajstić information content (AvgIpc) is 3.20. The van der Waals surface area contributed by atoms with E-state index in [4.69, 9.17) is 4.74 Å². The molecule has 1 saturated carbocycles. The molecule has 2 rings (SSSR count). The predicted molar refractivity (Wildman–Crippen MR) is 89.5 cm³/mol. The van der Waals surface area contributed by atoms with Gasteiger partial charge < -0.3 is 15.4 Å². The summed E-state index contributed by atoms with van der Waals surface area (Å²) in [4.78, 5) is 4.21. The Hall–Kier alpha value is -0.980. The Morgan fingerprint density at radius 3 is 2.74 bits per heavy atom. The number of guanidine groups is 1. The molecule has 0 atom stereocenters. The molecule has 1 aliphatic carbocycles. The summed E-state index contributed by atoms with van der Waals surface area (Å²) in [6.45, 7) is 2.80. The van der Waals surface area contributed by atoms with Crippen LogP contribution in [0.2, 0.25) is 0 Å². The molecule has 0 radical (unpaired) electrons. The molecule has 0 unspecified atom stereocenters. The number of nitrogens with one attached hydrogen (secondary N) is 2. The smallest absolute Gasteiger partial charge is 0.191 e. The van der Waals surface area contributed by atoms with Crippen molar-refractivity contribution in [2.75, 3.05) is 14.2 Å². The van der Waals surface area contributed by atoms with Gasteiger partial charge in [-0.15, -0.1) is 24.0 Å². The van der Waals surface area contributed by atoms with Gasteiger partial charge in [-0.1, -0.05) is 12.1 Å². The van der Waals surface area contributed by atoms with Gasteiger partial charge in [0.05, 0.1) is 7.11 Å². The van der Waals surface area contributed by atoms with E-state index in [1.807, 2.05) is 6.92 Å². The number of nitrogens with zero attached hydrogens (tertiary/aromatic N) is 1. The summed E-state index contributed by atoms with van der Waals surface area (Å²) in [5, 5.41) is 6.67. The second-order valence-electron chi connectivity index (χ2n) is 4.65. The number of aliphatic imine (C=N–C) groups is 1. The normalized spacial score (nSPS) is 14.6. The Bertz CT molecular complexity index is 444. The lowest BCUT2D eigenvalue weighted by Gasteiger charge is -2.12. The number of aryl methyl sites for hydroxylation is 1. The van der Waals surface area contributed by atoms with Crippen LogP contribution in [0, 0.1) is 6.92 Å². The minimum atomic E-state index is 0. The molecule has 106 valence electrons. The van der Waals surface area contributed by atoms with E-state index in [0.29, 0.717) is 6.04 Å². The lowest BCUT2D eigenvalue weighted by molar-refractivity contribution is 0.411. The first-order valence-electron chi connectivity index (χ1n) is 6.33. The van der Waals surface area contributed by atoms with Gasteiger partial charge in [-0.05, 0) is 37.0 Å². The van der Waals surface area contributed by atoms with Crippen molar-refractivity contribution in [2.24, 2.45) is 4.99 Å². The maximum absolute atomic E-state index is 5.32. The lowest BCUT2D eigenvalue weighted by Crippen LogP contribution is -2.38. The monoisotopic (exact) mass is 375 g/mol. The van der Waals surface area contributed by atoms with Gasteiger partial charge in [0.2, 0.25) is 0 Å². The van der Waals surface area contributed by atoms with Crippen LogP contribution in [0.15, 0.2) is 23.2 Å². The molecular weight excluding hydrogens is 353 g/mol. The Morgan fingerprint density at radius 1 is 1.42 bits per heavy atom. The second-order valence-corrected chi connectivity index (χ2v) is 4.65. The minimum absolute atomic E-state index is 0. The van der Waals surface area contributed by atoms with E-state index in [-0.39, 0.29) is 24.0 Å². The third-order valence-corrected chi connectivity index (χ3v) is 3.07. The van der Waals surface area contributed by atoms with Crippen molar-refractivity contribution in [3.63, 3.8) is 0 Å². The van der Waals surface area contributed by atoms with Crippen molar-refractivity contribution in [1.82, 2.24) is 10.6 Å². The van der Waals surface area contributed by atoms with Crippen LogP contribution < -0.4 is 15.4 Å². The van der Waals surface area contributed by atoms with E-state index < -0.39 is 0 Å². The molecule has 0 amide bonds. The zero-order valence-corrected chi connectivity index (χ0v) is 14.0. The van der Waals surface area contributed by atoms with Crippen LogP contribution in [0.3, 0.4) is 0 Å². The van der Waals surface area contributed by atoms with Crippen molar-refractivity contribution in [3.05, 3.63) is 29.3 Å². The molecule has 1 fully saturated rings. The maximum atomic E-state index is 5.32. The first kappa shape index (κ1) is 16.1. The molecule has 1 aliphatic rings. The van der Waals surface area contributed by atoms with Crippen molar-refractivity contribution in [2.45, 2.75) is 32.4 Å². The van der Waals surface area contributed by atoms with E-state index in [1.54, 1.807) is 14.2 Å². The first-order chi connectivity index (χ1) is 8.72. The highest BCUT2D eigenvalue weighted by molar-refractivity contribution is 14.0. The number of benzene rings is 1. The third kappa shape index (κ3) is 4.89. The summed E-state index contributed by atoms with van der Waals surface area (Å²) in [5.74, 6) is 1.80. The molecule has 1 aromatic rings. The van der Waals surface area contributed by atoms with E-state index in [1.165, 1.54) is 18.4 Å². The zero-order valence-electron chi connectivity index (χ0n) is 11.7. The standard InChI is InChI=1S/C14H21N3O.HI/c1-10-4-5-11(8-13(10)18-3)9-16-14(15-2)17-12-6-7-12;/h4-5,8,12H,6-7,9H2,1-3H3,(H2,15,16,17);1H. The van der Waals surface area contributed by atoms with Crippen LogP contribution >= 0.6 is 24.0 Å². The van der Waals surface area contributed by atoms with Gasteiger partial charge in [0.25, 0.3) is 0 Å². The highest BCUT2D eigenvalue weighted by Gasteiger charge is 2.21. The van der Waals surface area contributed by atoms with Crippen LogP contribution in [0.5, 0.6) is 5.75 Å². The molecule has 1 aromatic carbocycles. The van der Waals surface area contributed by atoms with Crippen molar-refractivity contribution < 1.29 is 4.74 Å². The van der Waals surface area contributed by atoms with Crippen molar-refractivity contribution in [3.8, 4) is 5.75 Å². The highest BCUT2D eigenvalue weighted by Crippen LogP contribution is 2.19. The molecular formula is C14H22IN3O. The van der Waals surface area contributed by atoms with E-state index >= 15 is 0 Å². The fourth-order valence-electron chi connectivity index (χ4n) is 1.78. The largest absolute Gasteiger partial charge is 0.496 e. The number of hydrogen-bond donors (Lipinski definition) is 2. The zero-order chi connectivity index (χ0) is 13.0. The molecule has 0 aliphatic heterocycles. The fraction of sp³-hybridized carbons (Fsp3) is 0.500. The molecule has 19 heavy (non-hydrogen) atoms. The van der Waals surface area contributed by atoms with Crippen LogP contribution in [-0.2, 0) is 6.54 Å². The SMILES string of the molecule is CN=C(NCc1ccc(C)c(OC)c1)NC1CC1.I. The Labute approximate surface area is 132 Å². The van der Waals surface area contributed by atoms with Crippen LogP contribution in [0.1, 0.15) is 24.0 Å². The molecule has 0 bridgehead atoms. The van der Waals surface area contributed by atoms with Gasteiger partial charge in [0.15, 0.2) is 5.96 Å².